The zero-order chi connectivity index (χ0) is 7.78. The van der Waals surface area contributed by atoms with Crippen LogP contribution in [0.1, 0.15) is 40.0 Å². The number of ketones is 1. The summed E-state index contributed by atoms with van der Waals surface area (Å²) in [6.07, 6.45) is 3.43. The van der Waals surface area contributed by atoms with Crippen molar-refractivity contribution in [1.82, 2.24) is 0 Å². The van der Waals surface area contributed by atoms with Crippen molar-refractivity contribution in [2.75, 3.05) is 0 Å². The van der Waals surface area contributed by atoms with E-state index in [2.05, 4.69) is 13.8 Å². The molecule has 0 atom stereocenters. The summed E-state index contributed by atoms with van der Waals surface area (Å²) in [7, 11) is 0. The maximum absolute atomic E-state index is 10.8. The summed E-state index contributed by atoms with van der Waals surface area (Å²) in [4.78, 5) is 10.8. The van der Waals surface area contributed by atoms with Gasteiger partial charge in [-0.05, 0) is 31.1 Å². The van der Waals surface area contributed by atoms with Crippen LogP contribution < -0.4 is 0 Å². The Kier molecular flexibility index (Phi) is 1.84. The molecule has 1 rings (SSSR count). The summed E-state index contributed by atoms with van der Waals surface area (Å²) in [6, 6.07) is 0. The average molecular weight is 140 g/mol. The van der Waals surface area contributed by atoms with Crippen LogP contribution in [0.4, 0.5) is 0 Å². The predicted molar refractivity (Wildman–Crippen MR) is 41.8 cm³/mol. The normalized spacial score (nSPS) is 19.1. The van der Waals surface area contributed by atoms with Crippen LogP contribution in [0, 0.1) is 11.3 Å². The minimum atomic E-state index is 0.284. The molecule has 0 aliphatic heterocycles. The fourth-order valence-corrected chi connectivity index (χ4v) is 1.65. The van der Waals surface area contributed by atoms with E-state index in [1.165, 1.54) is 12.8 Å². The molecule has 10 heavy (non-hydrogen) atoms. The molecule has 1 heteroatoms. The number of hydrogen-bond acceptors (Lipinski definition) is 1. The van der Waals surface area contributed by atoms with Crippen molar-refractivity contribution < 1.29 is 4.79 Å². The molecule has 0 aromatic rings. The van der Waals surface area contributed by atoms with Gasteiger partial charge in [0, 0.05) is 6.42 Å². The van der Waals surface area contributed by atoms with Gasteiger partial charge in [-0.2, -0.15) is 0 Å². The smallest absolute Gasteiger partial charge is 0.130 e. The Bertz CT molecular complexity index is 143. The first-order valence-electron chi connectivity index (χ1n) is 4.02. The molecule has 58 valence electrons. The summed E-state index contributed by atoms with van der Waals surface area (Å²) in [5.74, 6) is 1.16. The van der Waals surface area contributed by atoms with E-state index in [9.17, 15) is 4.79 Å². The molecular weight excluding hydrogens is 124 g/mol. The molecule has 0 spiro atoms. The molecule has 0 unspecified atom stereocenters. The number of hydrogen-bond donors (Lipinski definition) is 0. The maximum Gasteiger partial charge on any atom is 0.130 e. The van der Waals surface area contributed by atoms with Crippen molar-refractivity contribution >= 4 is 5.78 Å². The van der Waals surface area contributed by atoms with Gasteiger partial charge in [0.15, 0.2) is 0 Å². The molecule has 0 bridgehead atoms. The van der Waals surface area contributed by atoms with Crippen LogP contribution in [-0.2, 0) is 4.79 Å². The van der Waals surface area contributed by atoms with Crippen LogP contribution >= 0.6 is 0 Å². The summed E-state index contributed by atoms with van der Waals surface area (Å²) in [5, 5.41) is 0. The third-order valence-corrected chi connectivity index (χ3v) is 2.39. The minimum Gasteiger partial charge on any atom is -0.300 e. The van der Waals surface area contributed by atoms with Crippen LogP contribution in [-0.4, -0.2) is 5.78 Å². The summed E-state index contributed by atoms with van der Waals surface area (Å²) < 4.78 is 0. The van der Waals surface area contributed by atoms with Gasteiger partial charge in [-0.1, -0.05) is 13.8 Å². The van der Waals surface area contributed by atoms with E-state index in [4.69, 9.17) is 0 Å². The first-order valence-corrected chi connectivity index (χ1v) is 4.02. The molecule has 1 nitrogen and oxygen atoms in total. The SMILES string of the molecule is CC(=O)CC(C)(C)C1CC1. The Morgan fingerprint density at radius 2 is 2.00 bits per heavy atom. The van der Waals surface area contributed by atoms with Crippen LogP contribution in [0.2, 0.25) is 0 Å². The molecule has 0 amide bonds. The molecule has 0 radical (unpaired) electrons. The zero-order valence-electron chi connectivity index (χ0n) is 7.11. The largest absolute Gasteiger partial charge is 0.300 e. The Hall–Kier alpha value is -0.330. The average Bonchev–Trinajstić information content (AvgIpc) is 2.35. The third kappa shape index (κ3) is 1.83. The number of Topliss-reactive ketones (excluding diaryl/α,β-unsaturated/α-hetero) is 1. The minimum absolute atomic E-state index is 0.284. The second-order valence-corrected chi connectivity index (χ2v) is 4.14. The van der Waals surface area contributed by atoms with Crippen LogP contribution in [0.15, 0.2) is 0 Å². The van der Waals surface area contributed by atoms with Gasteiger partial charge in [-0.3, -0.25) is 0 Å². The summed E-state index contributed by atoms with van der Waals surface area (Å²) in [6.45, 7) is 6.09. The summed E-state index contributed by atoms with van der Waals surface area (Å²) >= 11 is 0. The molecule has 0 saturated heterocycles. The lowest BCUT2D eigenvalue weighted by molar-refractivity contribution is -0.119. The molecule has 0 aromatic carbocycles. The number of carbonyl (C=O) groups excluding carboxylic acids is 1. The maximum atomic E-state index is 10.8. The molecule has 0 heterocycles. The second-order valence-electron chi connectivity index (χ2n) is 4.14. The second kappa shape index (κ2) is 2.37. The molecule has 1 aliphatic carbocycles. The van der Waals surface area contributed by atoms with E-state index in [1.54, 1.807) is 6.92 Å². The topological polar surface area (TPSA) is 17.1 Å². The van der Waals surface area contributed by atoms with Gasteiger partial charge >= 0.3 is 0 Å². The van der Waals surface area contributed by atoms with E-state index >= 15 is 0 Å². The highest BCUT2D eigenvalue weighted by Gasteiger charge is 2.38. The first-order chi connectivity index (χ1) is 4.52. The molecule has 0 N–H and O–H groups in total. The predicted octanol–water partition coefficient (Wildman–Crippen LogP) is 2.40. The van der Waals surface area contributed by atoms with Gasteiger partial charge in [-0.25, -0.2) is 0 Å². The van der Waals surface area contributed by atoms with Crippen molar-refractivity contribution in [3.8, 4) is 0 Å². The zero-order valence-corrected chi connectivity index (χ0v) is 7.11. The Morgan fingerprint density at radius 1 is 1.50 bits per heavy atom. The molecule has 1 aliphatic rings. The van der Waals surface area contributed by atoms with Crippen molar-refractivity contribution in [2.45, 2.75) is 40.0 Å². The van der Waals surface area contributed by atoms with E-state index < -0.39 is 0 Å². The lowest BCUT2D eigenvalue weighted by Crippen LogP contribution is -2.17. The van der Waals surface area contributed by atoms with E-state index in [-0.39, 0.29) is 5.41 Å². The lowest BCUT2D eigenvalue weighted by Gasteiger charge is -2.22. The van der Waals surface area contributed by atoms with Gasteiger partial charge in [0.05, 0.1) is 0 Å². The van der Waals surface area contributed by atoms with Gasteiger partial charge in [0.1, 0.15) is 5.78 Å². The first kappa shape index (κ1) is 7.77. The quantitative estimate of drug-likeness (QED) is 0.588. The Morgan fingerprint density at radius 3 is 2.30 bits per heavy atom. The van der Waals surface area contributed by atoms with Crippen LogP contribution in [0.3, 0.4) is 0 Å². The van der Waals surface area contributed by atoms with Gasteiger partial charge in [0.2, 0.25) is 0 Å². The van der Waals surface area contributed by atoms with Crippen LogP contribution in [0.5, 0.6) is 0 Å². The van der Waals surface area contributed by atoms with Crippen molar-refractivity contribution in [3.63, 3.8) is 0 Å². The molecule has 0 aromatic heterocycles. The fourth-order valence-electron chi connectivity index (χ4n) is 1.65. The van der Waals surface area contributed by atoms with Crippen molar-refractivity contribution in [2.24, 2.45) is 11.3 Å². The standard InChI is InChI=1S/C9H16O/c1-7(10)6-9(2,3)8-4-5-8/h8H,4-6H2,1-3H3. The third-order valence-electron chi connectivity index (χ3n) is 2.39. The van der Waals surface area contributed by atoms with Crippen LogP contribution in [0.25, 0.3) is 0 Å². The van der Waals surface area contributed by atoms with Gasteiger partial charge < -0.3 is 4.79 Å². The lowest BCUT2D eigenvalue weighted by atomic mass is 9.82. The number of carbonyl (C=O) groups is 1. The fraction of sp³-hybridized carbons (Fsp3) is 0.889. The van der Waals surface area contributed by atoms with Gasteiger partial charge in [0.25, 0.3) is 0 Å². The molecule has 1 saturated carbocycles. The van der Waals surface area contributed by atoms with E-state index in [1.807, 2.05) is 0 Å². The monoisotopic (exact) mass is 140 g/mol. The highest BCUT2D eigenvalue weighted by atomic mass is 16.1. The van der Waals surface area contributed by atoms with Crippen molar-refractivity contribution in [1.29, 1.82) is 0 Å². The Labute approximate surface area is 62.8 Å². The Balaban J connectivity index is 2.41. The molecular formula is C9H16O. The highest BCUT2D eigenvalue weighted by Crippen LogP contribution is 2.47. The van der Waals surface area contributed by atoms with Gasteiger partial charge in [-0.15, -0.1) is 0 Å². The molecule has 1 fully saturated rings. The van der Waals surface area contributed by atoms with E-state index in [0.717, 1.165) is 12.3 Å². The van der Waals surface area contributed by atoms with E-state index in [0.29, 0.717) is 5.78 Å². The number of rotatable bonds is 3. The highest BCUT2D eigenvalue weighted by molar-refractivity contribution is 5.76. The van der Waals surface area contributed by atoms with Crippen molar-refractivity contribution in [3.05, 3.63) is 0 Å². The summed E-state index contributed by atoms with van der Waals surface area (Å²) in [5.41, 5.74) is 0.284.